The van der Waals surface area contributed by atoms with Crippen LogP contribution < -0.4 is 0 Å². The van der Waals surface area contributed by atoms with Gasteiger partial charge in [-0.25, -0.2) is 13.2 Å². The van der Waals surface area contributed by atoms with Crippen molar-refractivity contribution in [2.45, 2.75) is 36.5 Å². The fraction of sp³-hybridized carbons (Fsp3) is 1.00. The predicted molar refractivity (Wildman–Crippen MR) is 31.6 cm³/mol. The highest BCUT2D eigenvalue weighted by Crippen LogP contribution is 2.57. The summed E-state index contributed by atoms with van der Waals surface area (Å²) in [5.41, 5.74) is -7.28. The molecule has 0 aliphatic carbocycles. The Hall–Kier alpha value is -0.840. The van der Waals surface area contributed by atoms with E-state index in [9.17, 15) is 52.7 Å². The van der Waals surface area contributed by atoms with Gasteiger partial charge in [-0.2, -0.15) is 39.5 Å². The first-order valence-corrected chi connectivity index (χ1v) is 3.72. The first kappa shape index (κ1) is 17.2. The van der Waals surface area contributed by atoms with Crippen LogP contribution in [0.15, 0.2) is 0 Å². The molecule has 110 valence electrons. The molecule has 0 saturated carbocycles. The van der Waals surface area contributed by atoms with Crippen LogP contribution in [-0.2, 0) is 0 Å². The Bertz CT molecular complexity index is 275. The molecule has 0 fully saturated rings. The van der Waals surface area contributed by atoms with E-state index in [0.717, 1.165) is 0 Å². The van der Waals surface area contributed by atoms with Gasteiger partial charge in [0.1, 0.15) is 6.42 Å². The second kappa shape index (κ2) is 4.08. The van der Waals surface area contributed by atoms with Gasteiger partial charge in [0, 0.05) is 0 Å². The smallest absolute Gasteiger partial charge is 0.217 e. The van der Waals surface area contributed by atoms with Crippen molar-refractivity contribution in [2.24, 2.45) is 0 Å². The third-order valence-corrected chi connectivity index (χ3v) is 1.71. The minimum atomic E-state index is -7.28. The van der Waals surface area contributed by atoms with E-state index in [1.807, 2.05) is 0 Å². The average Bonchev–Trinajstić information content (AvgIpc) is 1.92. The maximum Gasteiger partial charge on any atom is 0.437 e. The van der Waals surface area contributed by atoms with Crippen molar-refractivity contribution >= 4 is 0 Å². The van der Waals surface area contributed by atoms with Crippen LogP contribution >= 0.6 is 0 Å². The van der Waals surface area contributed by atoms with E-state index in [0.29, 0.717) is 0 Å². The zero-order valence-corrected chi connectivity index (χ0v) is 7.74. The minimum absolute atomic E-state index is 3.89. The van der Waals surface area contributed by atoms with Crippen molar-refractivity contribution in [3.05, 3.63) is 0 Å². The summed E-state index contributed by atoms with van der Waals surface area (Å²) in [6.45, 7) is 0. The summed E-state index contributed by atoms with van der Waals surface area (Å²) >= 11 is 0. The molecule has 0 radical (unpaired) electrons. The normalized spacial score (nSPS) is 16.0. The molecule has 18 heavy (non-hydrogen) atoms. The SMILES string of the molecule is FC(F)(F)CC(F)(F)C(F)(C(F)(F)F)C(F)(F)F. The summed E-state index contributed by atoms with van der Waals surface area (Å²) in [6, 6.07) is 0. The molecule has 0 aromatic carbocycles. The summed E-state index contributed by atoms with van der Waals surface area (Å²) in [6.07, 6.45) is -24.5. The number of hydrogen-bond acceptors (Lipinski definition) is 0. The van der Waals surface area contributed by atoms with E-state index < -0.39 is 36.5 Å². The molecule has 0 aliphatic rings. The van der Waals surface area contributed by atoms with Crippen LogP contribution in [0.25, 0.3) is 0 Å². The van der Waals surface area contributed by atoms with E-state index in [2.05, 4.69) is 0 Å². The molecule has 0 saturated heterocycles. The molecule has 0 aromatic heterocycles. The summed E-state index contributed by atoms with van der Waals surface area (Å²) in [7, 11) is 0. The Labute approximate surface area is 90.6 Å². The topological polar surface area (TPSA) is 0 Å². The molecule has 0 aliphatic heterocycles. The van der Waals surface area contributed by atoms with Gasteiger partial charge in [0.25, 0.3) is 0 Å². The summed E-state index contributed by atoms with van der Waals surface area (Å²) in [4.78, 5) is 0. The molecule has 12 heteroatoms. The van der Waals surface area contributed by atoms with E-state index in [1.54, 1.807) is 0 Å². The summed E-state index contributed by atoms with van der Waals surface area (Å²) in [5, 5.41) is 0. The number of rotatable bonds is 2. The van der Waals surface area contributed by atoms with Gasteiger partial charge in [0.2, 0.25) is 0 Å². The Kier molecular flexibility index (Phi) is 3.89. The van der Waals surface area contributed by atoms with E-state index in [4.69, 9.17) is 0 Å². The van der Waals surface area contributed by atoms with E-state index in [-0.39, 0.29) is 0 Å². The lowest BCUT2D eigenvalue weighted by Gasteiger charge is -2.36. The lowest BCUT2D eigenvalue weighted by atomic mass is 9.93. The second-order valence-electron chi connectivity index (χ2n) is 3.15. The molecule has 0 spiro atoms. The van der Waals surface area contributed by atoms with Crippen LogP contribution in [0.5, 0.6) is 0 Å². The fourth-order valence-electron chi connectivity index (χ4n) is 0.949. The van der Waals surface area contributed by atoms with Gasteiger partial charge in [-0.1, -0.05) is 0 Å². The fourth-order valence-corrected chi connectivity index (χ4v) is 0.949. The molecule has 0 nitrogen and oxygen atoms in total. The lowest BCUT2D eigenvalue weighted by molar-refractivity contribution is -0.405. The van der Waals surface area contributed by atoms with E-state index in [1.165, 1.54) is 0 Å². The van der Waals surface area contributed by atoms with Gasteiger partial charge in [-0.15, -0.1) is 0 Å². The standard InChI is InChI=1S/C6H2F12/c7-2(8,1-3(9,10)11)4(12,5(13,14)15)6(16,17)18/h1H2. The van der Waals surface area contributed by atoms with Crippen LogP contribution in [0.4, 0.5) is 52.7 Å². The van der Waals surface area contributed by atoms with Gasteiger partial charge in [-0.3, -0.25) is 0 Å². The molecule has 0 heterocycles. The second-order valence-corrected chi connectivity index (χ2v) is 3.15. The van der Waals surface area contributed by atoms with Crippen LogP contribution in [-0.4, -0.2) is 30.1 Å². The Balaban J connectivity index is 5.77. The molecule has 0 atom stereocenters. The molecule has 0 bridgehead atoms. The molecule has 0 rings (SSSR count). The van der Waals surface area contributed by atoms with Gasteiger partial charge in [0.05, 0.1) is 0 Å². The first-order valence-electron chi connectivity index (χ1n) is 3.72. The Morgan fingerprint density at radius 1 is 0.500 bits per heavy atom. The molecule has 0 amide bonds. The summed E-state index contributed by atoms with van der Waals surface area (Å²) in [5.74, 6) is -6.73. The Morgan fingerprint density at radius 3 is 0.944 bits per heavy atom. The van der Waals surface area contributed by atoms with Gasteiger partial charge in [-0.05, 0) is 0 Å². The van der Waals surface area contributed by atoms with Crippen molar-refractivity contribution in [3.8, 4) is 0 Å². The highest BCUT2D eigenvalue weighted by Gasteiger charge is 2.85. The maximum atomic E-state index is 12.6. The molecular formula is C6H2F12. The van der Waals surface area contributed by atoms with Crippen LogP contribution in [0, 0.1) is 0 Å². The maximum absolute atomic E-state index is 12.6. The monoisotopic (exact) mass is 302 g/mol. The minimum Gasteiger partial charge on any atom is -0.217 e. The quantitative estimate of drug-likeness (QED) is 0.663. The highest BCUT2D eigenvalue weighted by atomic mass is 19.4. The van der Waals surface area contributed by atoms with Gasteiger partial charge in [0.15, 0.2) is 0 Å². The van der Waals surface area contributed by atoms with Crippen molar-refractivity contribution in [1.82, 2.24) is 0 Å². The van der Waals surface area contributed by atoms with Crippen LogP contribution in [0.3, 0.4) is 0 Å². The molecule has 0 unspecified atom stereocenters. The number of halogens is 12. The van der Waals surface area contributed by atoms with Crippen molar-refractivity contribution in [1.29, 1.82) is 0 Å². The number of alkyl halides is 12. The van der Waals surface area contributed by atoms with Crippen molar-refractivity contribution in [2.75, 3.05) is 0 Å². The van der Waals surface area contributed by atoms with Crippen LogP contribution in [0.2, 0.25) is 0 Å². The number of hydrogen-bond donors (Lipinski definition) is 0. The molecule has 0 N–H and O–H groups in total. The molecular weight excluding hydrogens is 300 g/mol. The lowest BCUT2D eigenvalue weighted by Crippen LogP contribution is -2.65. The molecule has 0 aromatic rings. The van der Waals surface area contributed by atoms with Crippen molar-refractivity contribution in [3.63, 3.8) is 0 Å². The van der Waals surface area contributed by atoms with E-state index >= 15 is 0 Å². The largest absolute Gasteiger partial charge is 0.437 e. The van der Waals surface area contributed by atoms with Crippen molar-refractivity contribution < 1.29 is 52.7 Å². The third-order valence-electron chi connectivity index (χ3n) is 1.71. The Morgan fingerprint density at radius 2 is 0.778 bits per heavy atom. The third kappa shape index (κ3) is 2.94. The zero-order chi connectivity index (χ0) is 15.2. The summed E-state index contributed by atoms with van der Waals surface area (Å²) < 4.78 is 142. The van der Waals surface area contributed by atoms with Gasteiger partial charge < -0.3 is 0 Å². The van der Waals surface area contributed by atoms with Gasteiger partial charge >= 0.3 is 30.1 Å². The first-order chi connectivity index (χ1) is 7.46. The van der Waals surface area contributed by atoms with Crippen LogP contribution in [0.1, 0.15) is 6.42 Å². The predicted octanol–water partition coefficient (Wildman–Crippen LogP) is 4.41. The average molecular weight is 302 g/mol. The zero-order valence-electron chi connectivity index (χ0n) is 7.74. The highest BCUT2D eigenvalue weighted by molar-refractivity contribution is 5.06.